The van der Waals surface area contributed by atoms with Gasteiger partial charge in [0.2, 0.25) is 5.91 Å². The van der Waals surface area contributed by atoms with Crippen LogP contribution < -0.4 is 5.73 Å². The average Bonchev–Trinajstić information content (AvgIpc) is 2.40. The smallest absolute Gasteiger partial charge is 0.226 e. The van der Waals surface area contributed by atoms with E-state index in [-0.39, 0.29) is 17.9 Å². The summed E-state index contributed by atoms with van der Waals surface area (Å²) in [6.07, 6.45) is 5.54. The molecule has 0 aromatic heterocycles. The summed E-state index contributed by atoms with van der Waals surface area (Å²) in [5.74, 6) is 0.838. The summed E-state index contributed by atoms with van der Waals surface area (Å²) in [6, 6.07) is 0.0737. The van der Waals surface area contributed by atoms with Gasteiger partial charge in [0.25, 0.3) is 0 Å². The molecular formula is C13H26N2O. The van der Waals surface area contributed by atoms with Crippen molar-refractivity contribution >= 4 is 5.91 Å². The first kappa shape index (κ1) is 13.5. The summed E-state index contributed by atoms with van der Waals surface area (Å²) < 4.78 is 0. The molecule has 0 heterocycles. The van der Waals surface area contributed by atoms with Gasteiger partial charge in [-0.1, -0.05) is 33.1 Å². The van der Waals surface area contributed by atoms with Gasteiger partial charge in [-0.05, 0) is 18.8 Å². The second-order valence-corrected chi connectivity index (χ2v) is 5.52. The van der Waals surface area contributed by atoms with E-state index in [0.717, 1.165) is 25.8 Å². The fourth-order valence-electron chi connectivity index (χ4n) is 2.56. The van der Waals surface area contributed by atoms with Gasteiger partial charge >= 0.3 is 0 Å². The van der Waals surface area contributed by atoms with Crippen LogP contribution in [-0.2, 0) is 4.79 Å². The summed E-state index contributed by atoms with van der Waals surface area (Å²) in [5.41, 5.74) is 6.10. The highest BCUT2D eigenvalue weighted by Crippen LogP contribution is 2.23. The van der Waals surface area contributed by atoms with Crippen LogP contribution in [0.5, 0.6) is 0 Å². The Morgan fingerprint density at radius 1 is 1.31 bits per heavy atom. The van der Waals surface area contributed by atoms with Crippen LogP contribution in [0.1, 0.15) is 46.0 Å². The second-order valence-electron chi connectivity index (χ2n) is 5.52. The molecule has 0 saturated heterocycles. The number of amides is 1. The molecule has 0 radical (unpaired) electrons. The van der Waals surface area contributed by atoms with Gasteiger partial charge in [-0.25, -0.2) is 0 Å². The Kier molecular flexibility index (Phi) is 5.26. The Morgan fingerprint density at radius 3 is 2.56 bits per heavy atom. The topological polar surface area (TPSA) is 46.3 Å². The molecule has 1 aliphatic rings. The summed E-state index contributed by atoms with van der Waals surface area (Å²) in [7, 11) is 1.90. The molecule has 1 aliphatic carbocycles. The molecule has 2 unspecified atom stereocenters. The van der Waals surface area contributed by atoms with E-state index >= 15 is 0 Å². The third-order valence-electron chi connectivity index (χ3n) is 3.40. The number of carbonyl (C=O) groups excluding carboxylic acids is 1. The van der Waals surface area contributed by atoms with E-state index in [2.05, 4.69) is 13.8 Å². The van der Waals surface area contributed by atoms with E-state index < -0.39 is 0 Å². The lowest BCUT2D eigenvalue weighted by Gasteiger charge is -2.27. The zero-order chi connectivity index (χ0) is 12.1. The monoisotopic (exact) mass is 226 g/mol. The normalized spacial score (nSPS) is 26.6. The van der Waals surface area contributed by atoms with Gasteiger partial charge in [0, 0.05) is 19.6 Å². The van der Waals surface area contributed by atoms with E-state index in [1.165, 1.54) is 12.8 Å². The van der Waals surface area contributed by atoms with Crippen LogP contribution in [0.2, 0.25) is 0 Å². The van der Waals surface area contributed by atoms with Crippen molar-refractivity contribution in [2.45, 2.75) is 52.0 Å². The fraction of sp³-hybridized carbons (Fsp3) is 0.923. The maximum Gasteiger partial charge on any atom is 0.226 e. The third-order valence-corrected chi connectivity index (χ3v) is 3.40. The summed E-state index contributed by atoms with van der Waals surface area (Å²) in [5, 5.41) is 0. The lowest BCUT2D eigenvalue weighted by atomic mass is 9.94. The van der Waals surface area contributed by atoms with Crippen molar-refractivity contribution in [1.29, 1.82) is 0 Å². The van der Waals surface area contributed by atoms with Gasteiger partial charge in [0.1, 0.15) is 0 Å². The van der Waals surface area contributed by atoms with Crippen LogP contribution in [0, 0.1) is 11.8 Å². The van der Waals surface area contributed by atoms with Crippen LogP contribution in [0.15, 0.2) is 0 Å². The average molecular weight is 226 g/mol. The summed E-state index contributed by atoms with van der Waals surface area (Å²) in [6.45, 7) is 5.11. The van der Waals surface area contributed by atoms with E-state index in [0.29, 0.717) is 5.92 Å². The Balaban J connectivity index is 2.56. The number of nitrogens with two attached hydrogens (primary N) is 1. The van der Waals surface area contributed by atoms with E-state index in [9.17, 15) is 4.79 Å². The highest BCUT2D eigenvalue weighted by Gasteiger charge is 2.29. The van der Waals surface area contributed by atoms with Crippen molar-refractivity contribution in [3.63, 3.8) is 0 Å². The predicted octanol–water partition coefficient (Wildman–Crippen LogP) is 2.01. The maximum atomic E-state index is 12.2. The molecule has 1 rings (SSSR count). The third kappa shape index (κ3) is 3.78. The Morgan fingerprint density at radius 2 is 1.94 bits per heavy atom. The van der Waals surface area contributed by atoms with Gasteiger partial charge in [-0.2, -0.15) is 0 Å². The van der Waals surface area contributed by atoms with Crippen molar-refractivity contribution < 1.29 is 4.79 Å². The second kappa shape index (κ2) is 6.24. The van der Waals surface area contributed by atoms with Crippen molar-refractivity contribution in [2.24, 2.45) is 17.6 Å². The zero-order valence-electron chi connectivity index (χ0n) is 10.9. The number of carbonyl (C=O) groups is 1. The van der Waals surface area contributed by atoms with E-state index in [4.69, 9.17) is 5.73 Å². The Hall–Kier alpha value is -0.570. The summed E-state index contributed by atoms with van der Waals surface area (Å²) >= 11 is 0. The molecular weight excluding hydrogens is 200 g/mol. The van der Waals surface area contributed by atoms with Crippen LogP contribution in [0.25, 0.3) is 0 Å². The predicted molar refractivity (Wildman–Crippen MR) is 67.0 cm³/mol. The number of nitrogens with zero attached hydrogens (tertiary/aromatic N) is 1. The van der Waals surface area contributed by atoms with Gasteiger partial charge < -0.3 is 10.6 Å². The first-order chi connectivity index (χ1) is 7.52. The lowest BCUT2D eigenvalue weighted by Crippen LogP contribution is -2.43. The van der Waals surface area contributed by atoms with Crippen molar-refractivity contribution in [1.82, 2.24) is 4.90 Å². The van der Waals surface area contributed by atoms with Crippen molar-refractivity contribution in [3.05, 3.63) is 0 Å². The molecule has 1 amide bonds. The van der Waals surface area contributed by atoms with Crippen molar-refractivity contribution in [2.75, 3.05) is 13.6 Å². The molecule has 0 spiro atoms. The van der Waals surface area contributed by atoms with Gasteiger partial charge in [0.15, 0.2) is 0 Å². The van der Waals surface area contributed by atoms with E-state index in [1.54, 1.807) is 0 Å². The minimum absolute atomic E-state index is 0.0613. The number of rotatable bonds is 3. The zero-order valence-corrected chi connectivity index (χ0v) is 10.9. The van der Waals surface area contributed by atoms with Crippen LogP contribution >= 0.6 is 0 Å². The fourth-order valence-corrected chi connectivity index (χ4v) is 2.56. The standard InChI is InChI=1S/C13H26N2O/c1-10(2)9-15(3)13(16)11-7-5-4-6-8-12(11)14/h10-12H,4-9,14H2,1-3H3. The highest BCUT2D eigenvalue weighted by molar-refractivity contribution is 5.79. The molecule has 2 atom stereocenters. The van der Waals surface area contributed by atoms with Gasteiger partial charge in [0.05, 0.1) is 5.92 Å². The van der Waals surface area contributed by atoms with Crippen LogP contribution in [0.3, 0.4) is 0 Å². The van der Waals surface area contributed by atoms with Gasteiger partial charge in [-0.15, -0.1) is 0 Å². The van der Waals surface area contributed by atoms with Crippen LogP contribution in [-0.4, -0.2) is 30.4 Å². The SMILES string of the molecule is CC(C)CN(C)C(=O)C1CCCCCC1N. The number of hydrogen-bond acceptors (Lipinski definition) is 2. The minimum Gasteiger partial charge on any atom is -0.345 e. The summed E-state index contributed by atoms with van der Waals surface area (Å²) in [4.78, 5) is 14.1. The molecule has 2 N–H and O–H groups in total. The van der Waals surface area contributed by atoms with Crippen molar-refractivity contribution in [3.8, 4) is 0 Å². The first-order valence-electron chi connectivity index (χ1n) is 6.53. The molecule has 0 aromatic carbocycles. The highest BCUT2D eigenvalue weighted by atomic mass is 16.2. The van der Waals surface area contributed by atoms with E-state index in [1.807, 2.05) is 11.9 Å². The Bertz CT molecular complexity index is 228. The molecule has 16 heavy (non-hydrogen) atoms. The Labute approximate surface area is 99.4 Å². The van der Waals surface area contributed by atoms with Gasteiger partial charge in [-0.3, -0.25) is 4.79 Å². The number of hydrogen-bond donors (Lipinski definition) is 1. The first-order valence-corrected chi connectivity index (χ1v) is 6.53. The van der Waals surface area contributed by atoms with Crippen LogP contribution in [0.4, 0.5) is 0 Å². The molecule has 3 heteroatoms. The minimum atomic E-state index is 0.0613. The molecule has 1 fully saturated rings. The molecule has 0 bridgehead atoms. The molecule has 0 aliphatic heterocycles. The molecule has 0 aromatic rings. The maximum absolute atomic E-state index is 12.2. The molecule has 3 nitrogen and oxygen atoms in total. The molecule has 1 saturated carbocycles. The quantitative estimate of drug-likeness (QED) is 0.748. The lowest BCUT2D eigenvalue weighted by molar-refractivity contribution is -0.135. The largest absolute Gasteiger partial charge is 0.345 e. The molecule has 94 valence electrons.